The molecule has 0 rings (SSSR count). The van der Waals surface area contributed by atoms with Gasteiger partial charge in [0.15, 0.2) is 12.2 Å². The van der Waals surface area contributed by atoms with E-state index < -0.39 is 97.5 Å². The summed E-state index contributed by atoms with van der Waals surface area (Å²) in [5.41, 5.74) is 0. The summed E-state index contributed by atoms with van der Waals surface area (Å²) in [5.74, 6) is 0.276. The monoisotopic (exact) mass is 1480 g/mol. The minimum absolute atomic E-state index is 0.100. The molecule has 3 N–H and O–H groups in total. The zero-order valence-electron chi connectivity index (χ0n) is 65.9. The predicted octanol–water partition coefficient (Wildman–Crippen LogP) is 24.1. The van der Waals surface area contributed by atoms with Gasteiger partial charge >= 0.3 is 39.5 Å². The number of esters is 4. The number of aliphatic hydroxyl groups is 1. The maximum Gasteiger partial charge on any atom is 0.472 e. The van der Waals surface area contributed by atoms with Crippen molar-refractivity contribution in [3.05, 3.63) is 24.3 Å². The van der Waals surface area contributed by atoms with Gasteiger partial charge in [-0.25, -0.2) is 9.13 Å². The smallest absolute Gasteiger partial charge is 0.462 e. The minimum Gasteiger partial charge on any atom is -0.462 e. The van der Waals surface area contributed by atoms with E-state index in [1.54, 1.807) is 0 Å². The number of carbonyl (C=O) groups excluding carboxylic acids is 4. The summed E-state index contributed by atoms with van der Waals surface area (Å²) in [6.45, 7) is 11.9. The Bertz CT molecular complexity index is 2060. The number of phosphoric ester groups is 2. The number of allylic oxidation sites excluding steroid dienone is 4. The Balaban J connectivity index is 5.28. The summed E-state index contributed by atoms with van der Waals surface area (Å²) in [6.07, 6.45) is 63.1. The van der Waals surface area contributed by atoms with Crippen molar-refractivity contribution in [3.8, 4) is 0 Å². The number of hydrogen-bond acceptors (Lipinski definition) is 15. The Morgan fingerprint density at radius 3 is 0.832 bits per heavy atom. The quantitative estimate of drug-likeness (QED) is 0.0169. The summed E-state index contributed by atoms with van der Waals surface area (Å²) < 4.78 is 68.7. The van der Waals surface area contributed by atoms with Crippen molar-refractivity contribution in [3.63, 3.8) is 0 Å². The fourth-order valence-electron chi connectivity index (χ4n) is 12.0. The first kappa shape index (κ1) is 98.5. The van der Waals surface area contributed by atoms with Crippen molar-refractivity contribution >= 4 is 39.5 Å². The summed E-state index contributed by atoms with van der Waals surface area (Å²) in [5, 5.41) is 10.6. The second-order valence-corrected chi connectivity index (χ2v) is 32.5. The highest BCUT2D eigenvalue weighted by molar-refractivity contribution is 7.47. The molecule has 0 aromatic rings. The SMILES string of the molecule is CCCCCC/C=C\C=C/CCCCCCCC(=O)OC[C@H](COP(=O)(O)OC[C@@H](O)COP(=O)(O)OC[C@@H](COC(=O)CCCCCCCCC(C)CC)OC(=O)CCCCCCCCCCCCCCCCC(C)CC)OC(=O)CCCCCCCCCCCCCCCCC(C)CC. The second-order valence-electron chi connectivity index (χ2n) is 29.6. The van der Waals surface area contributed by atoms with E-state index in [2.05, 4.69) is 72.8 Å². The number of aliphatic hydroxyl groups excluding tert-OH is 1. The highest BCUT2D eigenvalue weighted by Crippen LogP contribution is 2.45. The molecular formula is C82H156O17P2. The molecule has 0 aliphatic carbocycles. The molecule has 0 aromatic carbocycles. The molecule has 596 valence electrons. The third-order valence-corrected chi connectivity index (χ3v) is 21.5. The minimum atomic E-state index is -4.97. The van der Waals surface area contributed by atoms with Gasteiger partial charge in [-0.15, -0.1) is 0 Å². The molecule has 0 bridgehead atoms. The van der Waals surface area contributed by atoms with E-state index in [0.29, 0.717) is 25.7 Å². The number of ether oxygens (including phenoxy) is 4. The first-order valence-corrected chi connectivity index (χ1v) is 44.8. The average molecular weight is 1480 g/mol. The molecule has 0 saturated carbocycles. The lowest BCUT2D eigenvalue weighted by Crippen LogP contribution is -2.30. The number of rotatable bonds is 78. The Kier molecular flexibility index (Phi) is 70.0. The van der Waals surface area contributed by atoms with E-state index in [1.165, 1.54) is 186 Å². The Morgan fingerprint density at radius 2 is 0.554 bits per heavy atom. The van der Waals surface area contributed by atoms with Crippen LogP contribution >= 0.6 is 15.6 Å². The fourth-order valence-corrected chi connectivity index (χ4v) is 13.6. The van der Waals surface area contributed by atoms with Crippen LogP contribution in [-0.2, 0) is 65.4 Å². The summed E-state index contributed by atoms with van der Waals surface area (Å²) in [4.78, 5) is 73.0. The van der Waals surface area contributed by atoms with Crippen LogP contribution in [0.1, 0.15) is 402 Å². The van der Waals surface area contributed by atoms with Crippen LogP contribution in [-0.4, -0.2) is 96.7 Å². The van der Waals surface area contributed by atoms with Gasteiger partial charge in [0.1, 0.15) is 19.3 Å². The van der Waals surface area contributed by atoms with E-state index in [9.17, 15) is 43.2 Å². The normalized spacial score (nSPS) is 14.9. The molecule has 0 aliphatic rings. The van der Waals surface area contributed by atoms with Crippen LogP contribution < -0.4 is 0 Å². The van der Waals surface area contributed by atoms with Crippen LogP contribution in [0.4, 0.5) is 0 Å². The number of phosphoric acid groups is 2. The molecule has 0 aromatic heterocycles. The molecule has 0 spiro atoms. The molecule has 5 unspecified atom stereocenters. The molecule has 17 nitrogen and oxygen atoms in total. The van der Waals surface area contributed by atoms with Gasteiger partial charge in [-0.05, 0) is 69.1 Å². The molecule has 19 heteroatoms. The third-order valence-electron chi connectivity index (χ3n) is 19.6. The summed E-state index contributed by atoms with van der Waals surface area (Å²) >= 11 is 0. The highest BCUT2D eigenvalue weighted by atomic mass is 31.2. The largest absolute Gasteiger partial charge is 0.472 e. The van der Waals surface area contributed by atoms with E-state index in [1.807, 2.05) is 0 Å². The van der Waals surface area contributed by atoms with Crippen molar-refractivity contribution in [1.82, 2.24) is 0 Å². The average Bonchev–Trinajstić information content (AvgIpc) is 0.951. The Hall–Kier alpha value is -2.46. The molecule has 8 atom stereocenters. The van der Waals surface area contributed by atoms with Crippen molar-refractivity contribution in [2.24, 2.45) is 17.8 Å². The molecule has 0 aliphatic heterocycles. The molecule has 0 radical (unpaired) electrons. The lowest BCUT2D eigenvalue weighted by atomic mass is 9.99. The van der Waals surface area contributed by atoms with Gasteiger partial charge in [0.05, 0.1) is 26.4 Å². The lowest BCUT2D eigenvalue weighted by Gasteiger charge is -2.21. The number of hydrogen-bond donors (Lipinski definition) is 3. The molecule has 0 amide bonds. The first-order valence-electron chi connectivity index (χ1n) is 41.8. The summed E-state index contributed by atoms with van der Waals surface area (Å²) in [6, 6.07) is 0. The topological polar surface area (TPSA) is 237 Å². The predicted molar refractivity (Wildman–Crippen MR) is 414 cm³/mol. The molecule has 0 heterocycles. The van der Waals surface area contributed by atoms with Crippen molar-refractivity contribution in [1.29, 1.82) is 0 Å². The molecule has 101 heavy (non-hydrogen) atoms. The van der Waals surface area contributed by atoms with Gasteiger partial charge < -0.3 is 33.8 Å². The van der Waals surface area contributed by atoms with Crippen LogP contribution in [0.2, 0.25) is 0 Å². The standard InChI is InChI=1S/C82H156O17P2/c1-8-12-13-14-15-16-17-18-19-26-31-36-41-49-56-63-79(84)92-69-77(98-81(86)65-58-51-42-37-32-27-22-20-24-29-34-39-46-53-60-73(5)9-2)71-96-100(88,89)94-67-76(83)68-95-101(90,91)97-72-78(70-93-80(85)64-57-50-45-44-48-55-62-75(7)11-4)99-82(87)66-59-52-43-38-33-28-23-21-25-30-35-40-47-54-61-74(6)10-3/h16-19,73-78,83H,8-15,20-72H2,1-7H3,(H,88,89)(H,90,91)/b17-16-,19-18-/t73?,74?,75?,76-,77-,78-/m1/s1. The molecule has 0 saturated heterocycles. The van der Waals surface area contributed by atoms with E-state index in [4.69, 9.17) is 37.0 Å². The molecule has 0 fully saturated rings. The summed E-state index contributed by atoms with van der Waals surface area (Å²) in [7, 11) is -9.93. The number of carbonyl (C=O) groups is 4. The first-order chi connectivity index (χ1) is 48.8. The van der Waals surface area contributed by atoms with Crippen LogP contribution in [0.3, 0.4) is 0 Å². The van der Waals surface area contributed by atoms with E-state index in [0.717, 1.165) is 133 Å². The van der Waals surface area contributed by atoms with Crippen molar-refractivity contribution in [2.75, 3.05) is 39.6 Å². The third kappa shape index (κ3) is 71.6. The van der Waals surface area contributed by atoms with Crippen molar-refractivity contribution in [2.45, 2.75) is 420 Å². The number of unbranched alkanes of at least 4 members (excludes halogenated alkanes) is 40. The van der Waals surface area contributed by atoms with Gasteiger partial charge in [0.25, 0.3) is 0 Å². The Labute approximate surface area is 618 Å². The zero-order chi connectivity index (χ0) is 74.4. The van der Waals surface area contributed by atoms with Crippen LogP contribution in [0, 0.1) is 17.8 Å². The maximum absolute atomic E-state index is 13.1. The van der Waals surface area contributed by atoms with Crippen molar-refractivity contribution < 1.29 is 80.2 Å². The lowest BCUT2D eigenvalue weighted by molar-refractivity contribution is -0.161. The maximum atomic E-state index is 13.1. The fraction of sp³-hybridized carbons (Fsp3) is 0.902. The zero-order valence-corrected chi connectivity index (χ0v) is 67.6. The van der Waals surface area contributed by atoms with Gasteiger partial charge in [-0.2, -0.15) is 0 Å². The highest BCUT2D eigenvalue weighted by Gasteiger charge is 2.30. The van der Waals surface area contributed by atoms with Gasteiger partial charge in [-0.3, -0.25) is 37.3 Å². The van der Waals surface area contributed by atoms with Crippen LogP contribution in [0.5, 0.6) is 0 Å². The van der Waals surface area contributed by atoms with Gasteiger partial charge in [0.2, 0.25) is 0 Å². The molecular weight excluding hydrogens is 1320 g/mol. The van der Waals surface area contributed by atoms with E-state index in [-0.39, 0.29) is 25.7 Å². The second kappa shape index (κ2) is 71.8. The van der Waals surface area contributed by atoms with Gasteiger partial charge in [0, 0.05) is 25.7 Å². The van der Waals surface area contributed by atoms with E-state index >= 15 is 0 Å². The Morgan fingerprint density at radius 1 is 0.317 bits per heavy atom. The van der Waals surface area contributed by atoms with Crippen LogP contribution in [0.25, 0.3) is 0 Å². The van der Waals surface area contributed by atoms with Gasteiger partial charge in [-0.1, -0.05) is 349 Å². The van der Waals surface area contributed by atoms with Crippen LogP contribution in [0.15, 0.2) is 24.3 Å².